The maximum atomic E-state index is 13.1. The predicted octanol–water partition coefficient (Wildman–Crippen LogP) is 3.00. The van der Waals surface area contributed by atoms with Crippen LogP contribution in [-0.4, -0.2) is 25.4 Å². The van der Waals surface area contributed by atoms with E-state index in [0.717, 1.165) is 23.1 Å². The van der Waals surface area contributed by atoms with E-state index in [2.05, 4.69) is 6.07 Å². The number of sulfone groups is 1. The van der Waals surface area contributed by atoms with Gasteiger partial charge in [-0.2, -0.15) is 5.26 Å². The quantitative estimate of drug-likeness (QED) is 0.894. The molecule has 5 heteroatoms. The highest BCUT2D eigenvalue weighted by atomic mass is 32.2. The van der Waals surface area contributed by atoms with Crippen molar-refractivity contribution in [1.82, 2.24) is 0 Å². The third kappa shape index (κ3) is 2.76. The smallest absolute Gasteiger partial charge is 0.183 e. The van der Waals surface area contributed by atoms with Crippen molar-refractivity contribution in [3.8, 4) is 6.07 Å². The van der Waals surface area contributed by atoms with Gasteiger partial charge in [-0.3, -0.25) is 0 Å². The van der Waals surface area contributed by atoms with Crippen molar-refractivity contribution in [3.05, 3.63) is 65.2 Å². The van der Waals surface area contributed by atoms with E-state index in [1.54, 1.807) is 24.3 Å². The van der Waals surface area contributed by atoms with Gasteiger partial charge < -0.3 is 5.11 Å². The molecule has 0 bridgehead atoms. The highest BCUT2D eigenvalue weighted by Gasteiger charge is 2.72. The van der Waals surface area contributed by atoms with Crippen LogP contribution >= 0.6 is 0 Å². The summed E-state index contributed by atoms with van der Waals surface area (Å²) in [5.41, 5.74) is 1.62. The van der Waals surface area contributed by atoms with E-state index in [1.807, 2.05) is 38.1 Å². The van der Waals surface area contributed by atoms with Crippen molar-refractivity contribution >= 4 is 9.84 Å². The molecule has 0 amide bonds. The van der Waals surface area contributed by atoms with Crippen LogP contribution in [0.15, 0.2) is 53.4 Å². The zero-order chi connectivity index (χ0) is 18.2. The summed E-state index contributed by atoms with van der Waals surface area (Å²) in [6, 6.07) is 16.3. The lowest BCUT2D eigenvalue weighted by molar-refractivity contribution is 0.242. The van der Waals surface area contributed by atoms with Crippen LogP contribution in [-0.2, 0) is 16.3 Å². The largest absolute Gasteiger partial charge is 0.395 e. The average Bonchev–Trinajstić information content (AvgIpc) is 3.33. The Kier molecular flexibility index (Phi) is 4.44. The fourth-order valence-corrected chi connectivity index (χ4v) is 5.84. The van der Waals surface area contributed by atoms with Crippen LogP contribution in [0.4, 0.5) is 0 Å². The molecule has 4 nitrogen and oxygen atoms in total. The molecule has 25 heavy (non-hydrogen) atoms. The summed E-state index contributed by atoms with van der Waals surface area (Å²) in [6.07, 6.45) is 0.888. The number of nitriles is 1. The summed E-state index contributed by atoms with van der Waals surface area (Å²) in [5.74, 6) is -0.514. The van der Waals surface area contributed by atoms with Gasteiger partial charge in [0, 0.05) is 5.92 Å². The van der Waals surface area contributed by atoms with E-state index in [0.29, 0.717) is 0 Å². The molecule has 0 saturated heterocycles. The van der Waals surface area contributed by atoms with Gasteiger partial charge in [-0.25, -0.2) is 8.42 Å². The van der Waals surface area contributed by atoms with E-state index in [4.69, 9.17) is 0 Å². The molecule has 0 heterocycles. The molecule has 130 valence electrons. The van der Waals surface area contributed by atoms with Crippen LogP contribution in [0.5, 0.6) is 0 Å². The van der Waals surface area contributed by atoms with Crippen molar-refractivity contribution in [1.29, 1.82) is 5.26 Å². The van der Waals surface area contributed by atoms with Gasteiger partial charge in [-0.1, -0.05) is 48.9 Å². The second-order valence-electron chi connectivity index (χ2n) is 6.66. The number of benzene rings is 2. The molecule has 1 aliphatic rings. The lowest BCUT2D eigenvalue weighted by Crippen LogP contribution is -2.18. The molecule has 1 aliphatic carbocycles. The second kappa shape index (κ2) is 6.29. The first kappa shape index (κ1) is 17.7. The van der Waals surface area contributed by atoms with E-state index >= 15 is 0 Å². The first-order valence-electron chi connectivity index (χ1n) is 8.32. The molecule has 0 radical (unpaired) electrons. The molecule has 0 aromatic heterocycles. The van der Waals surface area contributed by atoms with E-state index in [1.165, 1.54) is 0 Å². The molecule has 3 atom stereocenters. The zero-order valence-corrected chi connectivity index (χ0v) is 15.1. The number of nitrogens with zero attached hydrogens (tertiary/aromatic N) is 1. The van der Waals surface area contributed by atoms with Gasteiger partial charge in [0.2, 0.25) is 0 Å². The monoisotopic (exact) mass is 355 g/mol. The number of aryl methyl sites for hydroxylation is 2. The normalized spacial score (nSPS) is 25.4. The third-order valence-corrected chi connectivity index (χ3v) is 7.45. The fourth-order valence-electron chi connectivity index (χ4n) is 3.53. The molecular formula is C20H21NO3S. The molecular weight excluding hydrogens is 334 g/mol. The summed E-state index contributed by atoms with van der Waals surface area (Å²) in [6.45, 7) is 3.46. The van der Waals surface area contributed by atoms with Crippen molar-refractivity contribution in [3.63, 3.8) is 0 Å². The maximum absolute atomic E-state index is 13.1. The number of aliphatic hydroxyl groups is 1. The Morgan fingerprint density at radius 3 is 2.20 bits per heavy atom. The first-order chi connectivity index (χ1) is 11.9. The van der Waals surface area contributed by atoms with Crippen molar-refractivity contribution < 1.29 is 13.5 Å². The lowest BCUT2D eigenvalue weighted by Gasteiger charge is -2.06. The van der Waals surface area contributed by atoms with Crippen LogP contribution in [0.2, 0.25) is 0 Å². The molecule has 1 saturated carbocycles. The van der Waals surface area contributed by atoms with Crippen molar-refractivity contribution in [2.45, 2.75) is 36.3 Å². The summed E-state index contributed by atoms with van der Waals surface area (Å²) < 4.78 is 26.2. The van der Waals surface area contributed by atoms with Crippen LogP contribution in [0.25, 0.3) is 0 Å². The van der Waals surface area contributed by atoms with Crippen LogP contribution < -0.4 is 0 Å². The fraction of sp³-hybridized carbons (Fsp3) is 0.350. The van der Waals surface area contributed by atoms with Crippen LogP contribution in [0.1, 0.15) is 29.5 Å². The molecule has 0 unspecified atom stereocenters. The summed E-state index contributed by atoms with van der Waals surface area (Å²) in [4.78, 5) is 0.198. The number of hydrogen-bond acceptors (Lipinski definition) is 4. The first-order valence-corrected chi connectivity index (χ1v) is 9.87. The Balaban J connectivity index is 2.04. The number of rotatable bonds is 5. The van der Waals surface area contributed by atoms with E-state index < -0.39 is 33.0 Å². The van der Waals surface area contributed by atoms with E-state index in [9.17, 15) is 18.8 Å². The molecule has 2 aromatic rings. The minimum atomic E-state index is -3.71. The Labute approximate surface area is 148 Å². The molecule has 1 fully saturated rings. The van der Waals surface area contributed by atoms with Crippen molar-refractivity contribution in [2.24, 2.45) is 5.41 Å². The molecule has 3 rings (SSSR count). The van der Waals surface area contributed by atoms with Crippen LogP contribution in [0, 0.1) is 23.7 Å². The summed E-state index contributed by atoms with van der Waals surface area (Å²) in [7, 11) is -3.71. The molecule has 2 aromatic carbocycles. The lowest BCUT2D eigenvalue weighted by atomic mass is 10.00. The maximum Gasteiger partial charge on any atom is 0.183 e. The van der Waals surface area contributed by atoms with Gasteiger partial charge in [0.05, 0.1) is 22.8 Å². The third-order valence-electron chi connectivity index (χ3n) is 5.16. The number of hydrogen-bond donors (Lipinski definition) is 1. The second-order valence-corrected chi connectivity index (χ2v) is 8.73. The topological polar surface area (TPSA) is 78.2 Å². The SMILES string of the molecule is CCc1ccc([C@@H]2[C@@H](S(=O)(=O)c3ccc(C)cc3)[C@]2(C#N)CO)cc1. The predicted molar refractivity (Wildman–Crippen MR) is 95.8 cm³/mol. The van der Waals surface area contributed by atoms with Gasteiger partial charge in [-0.15, -0.1) is 0 Å². The van der Waals surface area contributed by atoms with Crippen molar-refractivity contribution in [2.75, 3.05) is 6.61 Å². The van der Waals surface area contributed by atoms with Gasteiger partial charge in [0.15, 0.2) is 9.84 Å². The Morgan fingerprint density at radius 1 is 1.12 bits per heavy atom. The minimum Gasteiger partial charge on any atom is -0.395 e. The van der Waals surface area contributed by atoms with E-state index in [-0.39, 0.29) is 4.90 Å². The van der Waals surface area contributed by atoms with Crippen LogP contribution in [0.3, 0.4) is 0 Å². The molecule has 0 spiro atoms. The zero-order valence-electron chi connectivity index (χ0n) is 14.3. The summed E-state index contributed by atoms with van der Waals surface area (Å²) >= 11 is 0. The summed E-state index contributed by atoms with van der Waals surface area (Å²) in [5, 5.41) is 18.5. The molecule has 1 N–H and O–H groups in total. The minimum absolute atomic E-state index is 0.198. The highest BCUT2D eigenvalue weighted by Crippen LogP contribution is 2.63. The molecule has 0 aliphatic heterocycles. The Morgan fingerprint density at radius 2 is 1.72 bits per heavy atom. The van der Waals surface area contributed by atoms with Gasteiger partial charge in [0.25, 0.3) is 0 Å². The van der Waals surface area contributed by atoms with Gasteiger partial charge in [0.1, 0.15) is 5.41 Å². The Hall–Kier alpha value is -2.16. The standard InChI is InChI=1S/C20H21NO3S/c1-3-15-6-8-16(9-7-15)18-19(20(18,12-21)13-22)25(23,24)17-10-4-14(2)5-11-17/h4-11,18-19,22H,3,13H2,1-2H3/t18-,19-,20-/m1/s1. The number of aliphatic hydroxyl groups excluding tert-OH is 1. The Bertz CT molecular complexity index is 911. The highest BCUT2D eigenvalue weighted by molar-refractivity contribution is 7.92. The van der Waals surface area contributed by atoms with Gasteiger partial charge in [-0.05, 0) is 36.6 Å². The average molecular weight is 355 g/mol. The van der Waals surface area contributed by atoms with Gasteiger partial charge >= 0.3 is 0 Å².